The first-order valence-electron chi connectivity index (χ1n) is 9.86. The van der Waals surface area contributed by atoms with Crippen molar-refractivity contribution in [3.63, 3.8) is 0 Å². The molecule has 8 heteroatoms. The van der Waals surface area contributed by atoms with Crippen LogP contribution in [0.5, 0.6) is 0 Å². The van der Waals surface area contributed by atoms with Crippen molar-refractivity contribution in [2.45, 2.75) is 39.2 Å². The summed E-state index contributed by atoms with van der Waals surface area (Å²) in [6.45, 7) is 3.71. The van der Waals surface area contributed by atoms with E-state index in [1.54, 1.807) is 18.6 Å². The number of rotatable bonds is 11. The highest BCUT2D eigenvalue weighted by Gasteiger charge is 2.16. The van der Waals surface area contributed by atoms with Gasteiger partial charge in [-0.05, 0) is 43.0 Å². The van der Waals surface area contributed by atoms with Crippen molar-refractivity contribution in [2.24, 2.45) is 0 Å². The van der Waals surface area contributed by atoms with Crippen molar-refractivity contribution in [1.82, 2.24) is 14.5 Å². The minimum Gasteiger partial charge on any atom is -0.370 e. The molecule has 0 aliphatic heterocycles. The van der Waals surface area contributed by atoms with Gasteiger partial charge in [-0.3, -0.25) is 10.1 Å². The Labute approximate surface area is 170 Å². The third kappa shape index (κ3) is 6.03. The third-order valence-electron chi connectivity index (χ3n) is 4.56. The molecule has 1 aromatic carbocycles. The van der Waals surface area contributed by atoms with Crippen LogP contribution in [-0.4, -0.2) is 26.0 Å². The zero-order valence-electron chi connectivity index (χ0n) is 16.5. The van der Waals surface area contributed by atoms with Crippen LogP contribution in [0.3, 0.4) is 0 Å². The van der Waals surface area contributed by atoms with Crippen molar-refractivity contribution < 1.29 is 4.92 Å². The molecule has 3 aromatic rings. The summed E-state index contributed by atoms with van der Waals surface area (Å²) in [7, 11) is 0. The molecule has 0 fully saturated rings. The summed E-state index contributed by atoms with van der Waals surface area (Å²) in [5.41, 5.74) is 1.98. The Morgan fingerprint density at radius 2 is 1.97 bits per heavy atom. The maximum Gasteiger partial charge on any atom is 0.311 e. The molecule has 0 aliphatic rings. The number of hydrogen-bond acceptors (Lipinski definition) is 6. The van der Waals surface area contributed by atoms with E-state index in [1.165, 1.54) is 11.6 Å². The van der Waals surface area contributed by atoms with Crippen LogP contribution in [-0.2, 0) is 13.0 Å². The second-order valence-corrected chi connectivity index (χ2v) is 6.83. The molecule has 0 radical (unpaired) electrons. The van der Waals surface area contributed by atoms with Crippen molar-refractivity contribution >= 4 is 23.0 Å². The van der Waals surface area contributed by atoms with Crippen LogP contribution in [0.4, 0.5) is 23.0 Å². The lowest BCUT2D eigenvalue weighted by atomic mass is 10.1. The SMILES string of the molecule is CCCCc1ccc(Nc2nc(NCCCn3ccnc3)ccc2[N+](=O)[O-])cc1. The summed E-state index contributed by atoms with van der Waals surface area (Å²) in [6, 6.07) is 11.1. The maximum absolute atomic E-state index is 11.4. The molecular weight excluding hydrogens is 368 g/mol. The van der Waals surface area contributed by atoms with Gasteiger partial charge in [0, 0.05) is 37.2 Å². The average Bonchev–Trinajstić information content (AvgIpc) is 3.24. The van der Waals surface area contributed by atoms with Gasteiger partial charge in [-0.2, -0.15) is 0 Å². The number of nitro groups is 1. The number of aryl methyl sites for hydroxylation is 2. The molecule has 3 rings (SSSR count). The van der Waals surface area contributed by atoms with Crippen molar-refractivity contribution in [3.8, 4) is 0 Å². The Bertz CT molecular complexity index is 909. The predicted octanol–water partition coefficient (Wildman–Crippen LogP) is 4.77. The fourth-order valence-corrected chi connectivity index (χ4v) is 2.96. The molecule has 8 nitrogen and oxygen atoms in total. The quantitative estimate of drug-likeness (QED) is 0.276. The van der Waals surface area contributed by atoms with Crippen LogP contribution in [0.2, 0.25) is 0 Å². The molecule has 0 saturated carbocycles. The van der Waals surface area contributed by atoms with Crippen molar-refractivity contribution in [1.29, 1.82) is 0 Å². The largest absolute Gasteiger partial charge is 0.370 e. The highest BCUT2D eigenvalue weighted by atomic mass is 16.6. The number of imidazole rings is 1. The Morgan fingerprint density at radius 3 is 2.66 bits per heavy atom. The molecule has 0 saturated heterocycles. The molecule has 29 heavy (non-hydrogen) atoms. The summed E-state index contributed by atoms with van der Waals surface area (Å²) in [4.78, 5) is 19.4. The highest BCUT2D eigenvalue weighted by molar-refractivity contribution is 5.67. The Kier molecular flexibility index (Phi) is 7.16. The summed E-state index contributed by atoms with van der Waals surface area (Å²) in [5, 5.41) is 17.7. The minimum absolute atomic E-state index is 0.0518. The van der Waals surface area contributed by atoms with Crippen LogP contribution in [0.1, 0.15) is 31.7 Å². The topological polar surface area (TPSA) is 97.9 Å². The molecular formula is C21H26N6O2. The number of unbranched alkanes of at least 4 members (excludes halogenated alkanes) is 1. The second-order valence-electron chi connectivity index (χ2n) is 6.83. The number of benzene rings is 1. The van der Waals surface area contributed by atoms with E-state index < -0.39 is 4.92 Å². The number of nitrogens with zero attached hydrogens (tertiary/aromatic N) is 4. The predicted molar refractivity (Wildman–Crippen MR) is 115 cm³/mol. The molecule has 0 bridgehead atoms. The fourth-order valence-electron chi connectivity index (χ4n) is 2.96. The van der Waals surface area contributed by atoms with E-state index in [0.717, 1.165) is 37.9 Å². The molecule has 0 amide bonds. The first kappa shape index (κ1) is 20.3. The van der Waals surface area contributed by atoms with Crippen LogP contribution >= 0.6 is 0 Å². The standard InChI is InChI=1S/C21H26N6O2/c1-2-3-5-17-6-8-18(9-7-17)24-21-19(27(28)29)10-11-20(25-21)23-12-4-14-26-15-13-22-16-26/h6-11,13,15-16H,2-5,12,14H2,1H3,(H2,23,24,25). The van der Waals surface area contributed by atoms with Crippen LogP contribution in [0, 0.1) is 10.1 Å². The number of anilines is 3. The Hall–Kier alpha value is -3.42. The molecule has 0 atom stereocenters. The monoisotopic (exact) mass is 394 g/mol. The zero-order chi connectivity index (χ0) is 20.5. The van der Waals surface area contributed by atoms with E-state index in [2.05, 4.69) is 27.5 Å². The minimum atomic E-state index is -0.423. The van der Waals surface area contributed by atoms with Gasteiger partial charge in [-0.15, -0.1) is 0 Å². The Balaban J connectivity index is 1.64. The van der Waals surface area contributed by atoms with Gasteiger partial charge in [-0.25, -0.2) is 9.97 Å². The van der Waals surface area contributed by atoms with Gasteiger partial charge in [-0.1, -0.05) is 25.5 Å². The third-order valence-corrected chi connectivity index (χ3v) is 4.56. The molecule has 2 aromatic heterocycles. The van der Waals surface area contributed by atoms with E-state index in [4.69, 9.17) is 0 Å². The van der Waals surface area contributed by atoms with Gasteiger partial charge >= 0.3 is 5.69 Å². The fraction of sp³-hybridized carbons (Fsp3) is 0.333. The lowest BCUT2D eigenvalue weighted by Crippen LogP contribution is -2.08. The summed E-state index contributed by atoms with van der Waals surface area (Å²) in [5.74, 6) is 0.833. The second kappa shape index (κ2) is 10.2. The molecule has 0 unspecified atom stereocenters. The highest BCUT2D eigenvalue weighted by Crippen LogP contribution is 2.27. The van der Waals surface area contributed by atoms with Crippen molar-refractivity contribution in [3.05, 3.63) is 70.8 Å². The lowest BCUT2D eigenvalue weighted by Gasteiger charge is -2.11. The molecule has 0 aliphatic carbocycles. The number of nitrogens with one attached hydrogen (secondary N) is 2. The van der Waals surface area contributed by atoms with Crippen LogP contribution < -0.4 is 10.6 Å². The van der Waals surface area contributed by atoms with Gasteiger partial charge in [0.2, 0.25) is 5.82 Å². The first-order chi connectivity index (χ1) is 14.2. The molecule has 152 valence electrons. The van der Waals surface area contributed by atoms with Gasteiger partial charge in [0.05, 0.1) is 11.3 Å². The smallest absolute Gasteiger partial charge is 0.311 e. The van der Waals surface area contributed by atoms with Crippen molar-refractivity contribution in [2.75, 3.05) is 17.2 Å². The maximum atomic E-state index is 11.4. The first-order valence-corrected chi connectivity index (χ1v) is 9.86. The molecule has 2 N–H and O–H groups in total. The van der Waals surface area contributed by atoms with Gasteiger partial charge < -0.3 is 15.2 Å². The zero-order valence-corrected chi connectivity index (χ0v) is 16.5. The Morgan fingerprint density at radius 1 is 1.14 bits per heavy atom. The number of aromatic nitrogens is 3. The van der Waals surface area contributed by atoms with Gasteiger partial charge in [0.15, 0.2) is 0 Å². The van der Waals surface area contributed by atoms with E-state index >= 15 is 0 Å². The van der Waals surface area contributed by atoms with Gasteiger partial charge in [0.1, 0.15) is 5.82 Å². The van der Waals surface area contributed by atoms with E-state index in [1.807, 2.05) is 35.0 Å². The number of pyridine rings is 1. The van der Waals surface area contributed by atoms with Crippen LogP contribution in [0.25, 0.3) is 0 Å². The van der Waals surface area contributed by atoms with E-state index in [0.29, 0.717) is 12.4 Å². The van der Waals surface area contributed by atoms with E-state index in [9.17, 15) is 10.1 Å². The average molecular weight is 394 g/mol. The molecule has 2 heterocycles. The lowest BCUT2D eigenvalue weighted by molar-refractivity contribution is -0.384. The van der Waals surface area contributed by atoms with E-state index in [-0.39, 0.29) is 11.5 Å². The van der Waals surface area contributed by atoms with Gasteiger partial charge in [0.25, 0.3) is 0 Å². The summed E-state index contributed by atoms with van der Waals surface area (Å²) in [6.07, 6.45) is 9.66. The summed E-state index contributed by atoms with van der Waals surface area (Å²) < 4.78 is 2.00. The normalized spacial score (nSPS) is 10.7. The molecule has 0 spiro atoms. The summed E-state index contributed by atoms with van der Waals surface area (Å²) >= 11 is 0. The number of hydrogen-bond donors (Lipinski definition) is 2. The van der Waals surface area contributed by atoms with Crippen LogP contribution in [0.15, 0.2) is 55.1 Å².